The normalized spacial score (nSPS) is 25.4. The summed E-state index contributed by atoms with van der Waals surface area (Å²) < 4.78 is 9.50. The third-order valence-corrected chi connectivity index (χ3v) is 2.22. The average Bonchev–Trinajstić information content (AvgIpc) is 2.01. The molecule has 1 N–H and O–H groups in total. The van der Waals surface area contributed by atoms with Crippen molar-refractivity contribution < 1.29 is 24.2 Å². The average molecular weight is 202 g/mol. The Morgan fingerprint density at radius 2 is 2.14 bits per heavy atom. The molecule has 0 aromatic rings. The Morgan fingerprint density at radius 3 is 2.64 bits per heavy atom. The number of ether oxygens (including phenoxy) is 2. The van der Waals surface area contributed by atoms with Gasteiger partial charge in [0.15, 0.2) is 0 Å². The summed E-state index contributed by atoms with van der Waals surface area (Å²) in [5, 5.41) is 8.27. The van der Waals surface area contributed by atoms with Gasteiger partial charge < -0.3 is 14.6 Å². The van der Waals surface area contributed by atoms with E-state index in [4.69, 9.17) is 9.84 Å². The summed E-state index contributed by atoms with van der Waals surface area (Å²) in [5.41, 5.74) is -0.375. The molecule has 5 heteroatoms. The highest BCUT2D eigenvalue weighted by atomic mass is 16.7. The van der Waals surface area contributed by atoms with Gasteiger partial charge in [0.1, 0.15) is 0 Å². The van der Waals surface area contributed by atoms with Crippen molar-refractivity contribution in [3.63, 3.8) is 0 Å². The molecular weight excluding hydrogens is 188 g/mol. The number of carbonyl (C=O) groups excluding carboxylic acids is 1. The monoisotopic (exact) mass is 202 g/mol. The first kappa shape index (κ1) is 11.0. The number of rotatable bonds is 1. The van der Waals surface area contributed by atoms with Crippen molar-refractivity contribution in [2.24, 2.45) is 5.92 Å². The first-order chi connectivity index (χ1) is 6.41. The van der Waals surface area contributed by atoms with Crippen LogP contribution in [0.5, 0.6) is 0 Å². The Balaban J connectivity index is 2.52. The Bertz CT molecular complexity index is 246. The zero-order valence-corrected chi connectivity index (χ0v) is 8.28. The molecule has 1 rings (SSSR count). The van der Waals surface area contributed by atoms with Crippen molar-refractivity contribution >= 4 is 12.1 Å². The van der Waals surface area contributed by atoms with Gasteiger partial charge in [0.05, 0.1) is 11.5 Å². The lowest BCUT2D eigenvalue weighted by Crippen LogP contribution is -2.38. The van der Waals surface area contributed by atoms with Crippen LogP contribution in [0.4, 0.5) is 4.79 Å². The molecule has 0 aromatic heterocycles. The number of carboxylic acid groups (broad SMARTS) is 1. The number of hydrogen-bond acceptors (Lipinski definition) is 4. The Kier molecular flexibility index (Phi) is 3.10. The summed E-state index contributed by atoms with van der Waals surface area (Å²) >= 11 is 0. The molecule has 0 aliphatic carbocycles. The summed E-state index contributed by atoms with van der Waals surface area (Å²) in [6, 6.07) is 0. The van der Waals surface area contributed by atoms with Crippen LogP contribution in [0.25, 0.3) is 0 Å². The molecule has 5 nitrogen and oxygen atoms in total. The lowest BCUT2D eigenvalue weighted by molar-refractivity contribution is -0.153. The van der Waals surface area contributed by atoms with Gasteiger partial charge in [-0.15, -0.1) is 0 Å². The predicted octanol–water partition coefficient (Wildman–Crippen LogP) is 1.41. The summed E-state index contributed by atoms with van der Waals surface area (Å²) in [7, 11) is 0. The Labute approximate surface area is 82.0 Å². The number of esters is 1. The topological polar surface area (TPSA) is 72.8 Å². The second-order valence-electron chi connectivity index (χ2n) is 3.98. The second kappa shape index (κ2) is 3.96. The fourth-order valence-electron chi connectivity index (χ4n) is 1.60. The lowest BCUT2D eigenvalue weighted by atomic mass is 9.88. The Hall–Kier alpha value is -1.10. The zero-order chi connectivity index (χ0) is 10.8. The number of carbonyl (C=O) groups is 2. The molecule has 1 aliphatic rings. The molecule has 1 fully saturated rings. The quantitative estimate of drug-likeness (QED) is 0.514. The fraction of sp³-hybridized carbons (Fsp3) is 0.778. The van der Waals surface area contributed by atoms with Gasteiger partial charge in [-0.3, -0.25) is 4.79 Å². The summed E-state index contributed by atoms with van der Waals surface area (Å²) in [4.78, 5) is 21.4. The van der Waals surface area contributed by atoms with Crippen LogP contribution in [0.15, 0.2) is 0 Å². The molecule has 1 atom stereocenters. The van der Waals surface area contributed by atoms with Gasteiger partial charge in [0.25, 0.3) is 0 Å². The van der Waals surface area contributed by atoms with E-state index in [0.29, 0.717) is 19.4 Å². The Morgan fingerprint density at radius 1 is 1.50 bits per heavy atom. The van der Waals surface area contributed by atoms with E-state index in [2.05, 4.69) is 4.74 Å². The van der Waals surface area contributed by atoms with E-state index >= 15 is 0 Å². The van der Waals surface area contributed by atoms with E-state index in [1.165, 1.54) is 0 Å². The molecule has 0 saturated carbocycles. The molecule has 1 aliphatic heterocycles. The van der Waals surface area contributed by atoms with Crippen molar-refractivity contribution in [2.75, 3.05) is 6.61 Å². The van der Waals surface area contributed by atoms with Crippen LogP contribution in [-0.2, 0) is 14.3 Å². The largest absolute Gasteiger partial charge is 0.513 e. The van der Waals surface area contributed by atoms with Gasteiger partial charge in [0.2, 0.25) is 0 Å². The summed E-state index contributed by atoms with van der Waals surface area (Å²) in [5.74, 6) is -1.04. The zero-order valence-electron chi connectivity index (χ0n) is 8.28. The smallest absolute Gasteiger partial charge is 0.449 e. The standard InChI is InChI=1S/C9H14O5/c1-9(2)5-6(3-4-13-9)7(10)14-8(11)12/h6H,3-5H2,1-2H3,(H,11,12). The summed E-state index contributed by atoms with van der Waals surface area (Å²) in [6.45, 7) is 4.20. The van der Waals surface area contributed by atoms with E-state index < -0.39 is 12.1 Å². The van der Waals surface area contributed by atoms with Crippen molar-refractivity contribution in [1.29, 1.82) is 0 Å². The molecule has 0 bridgehead atoms. The molecule has 0 amide bonds. The van der Waals surface area contributed by atoms with Gasteiger partial charge in [-0.1, -0.05) is 0 Å². The van der Waals surface area contributed by atoms with Gasteiger partial charge in [-0.05, 0) is 26.7 Å². The van der Waals surface area contributed by atoms with Gasteiger partial charge >= 0.3 is 12.1 Å². The highest BCUT2D eigenvalue weighted by molar-refractivity contribution is 5.82. The van der Waals surface area contributed by atoms with Crippen LogP contribution in [0.1, 0.15) is 26.7 Å². The maximum atomic E-state index is 11.2. The van der Waals surface area contributed by atoms with Crippen LogP contribution < -0.4 is 0 Å². The first-order valence-electron chi connectivity index (χ1n) is 4.49. The molecule has 0 radical (unpaired) electrons. The molecule has 0 spiro atoms. The third-order valence-electron chi connectivity index (χ3n) is 2.22. The first-order valence-corrected chi connectivity index (χ1v) is 4.49. The molecular formula is C9H14O5. The van der Waals surface area contributed by atoms with Gasteiger partial charge in [-0.25, -0.2) is 4.79 Å². The van der Waals surface area contributed by atoms with Crippen molar-refractivity contribution in [2.45, 2.75) is 32.3 Å². The van der Waals surface area contributed by atoms with Crippen LogP contribution in [0, 0.1) is 5.92 Å². The minimum atomic E-state index is -1.54. The van der Waals surface area contributed by atoms with E-state index in [9.17, 15) is 9.59 Å². The van der Waals surface area contributed by atoms with Gasteiger partial charge in [-0.2, -0.15) is 0 Å². The van der Waals surface area contributed by atoms with Crippen molar-refractivity contribution in [1.82, 2.24) is 0 Å². The maximum absolute atomic E-state index is 11.2. The number of hydrogen-bond donors (Lipinski definition) is 1. The SMILES string of the molecule is CC1(C)CC(C(=O)OC(=O)O)CCO1. The molecule has 14 heavy (non-hydrogen) atoms. The lowest BCUT2D eigenvalue weighted by Gasteiger charge is -2.33. The van der Waals surface area contributed by atoms with Crippen LogP contribution in [-0.4, -0.2) is 29.4 Å². The van der Waals surface area contributed by atoms with Crippen LogP contribution >= 0.6 is 0 Å². The van der Waals surface area contributed by atoms with Gasteiger partial charge in [0, 0.05) is 6.61 Å². The van der Waals surface area contributed by atoms with E-state index in [1.807, 2.05) is 13.8 Å². The van der Waals surface area contributed by atoms with Crippen molar-refractivity contribution in [3.8, 4) is 0 Å². The van der Waals surface area contributed by atoms with Crippen LogP contribution in [0.2, 0.25) is 0 Å². The van der Waals surface area contributed by atoms with Crippen LogP contribution in [0.3, 0.4) is 0 Å². The second-order valence-corrected chi connectivity index (χ2v) is 3.98. The molecule has 1 heterocycles. The van der Waals surface area contributed by atoms with E-state index in [0.717, 1.165) is 0 Å². The highest BCUT2D eigenvalue weighted by Crippen LogP contribution is 2.29. The molecule has 1 saturated heterocycles. The molecule has 80 valence electrons. The maximum Gasteiger partial charge on any atom is 0.513 e. The molecule has 0 aromatic carbocycles. The summed E-state index contributed by atoms with van der Waals surface area (Å²) in [6.07, 6.45) is -0.520. The van der Waals surface area contributed by atoms with Crippen molar-refractivity contribution in [3.05, 3.63) is 0 Å². The highest BCUT2D eigenvalue weighted by Gasteiger charge is 2.34. The minimum Gasteiger partial charge on any atom is -0.449 e. The third kappa shape index (κ3) is 2.99. The van der Waals surface area contributed by atoms with E-state index in [1.54, 1.807) is 0 Å². The van der Waals surface area contributed by atoms with E-state index in [-0.39, 0.29) is 11.5 Å². The minimum absolute atomic E-state index is 0.366. The molecule has 1 unspecified atom stereocenters. The fourth-order valence-corrected chi connectivity index (χ4v) is 1.60. The predicted molar refractivity (Wildman–Crippen MR) is 46.9 cm³/mol.